The van der Waals surface area contributed by atoms with Crippen LogP contribution in [0.3, 0.4) is 0 Å². The first-order valence-corrected chi connectivity index (χ1v) is 9.58. The van der Waals surface area contributed by atoms with Gasteiger partial charge >= 0.3 is 0 Å². The van der Waals surface area contributed by atoms with Crippen LogP contribution < -0.4 is 15.8 Å². The van der Waals surface area contributed by atoms with Crippen molar-refractivity contribution < 1.29 is 13.2 Å². The number of carbonyl (C=O) groups is 1. The third-order valence-electron chi connectivity index (χ3n) is 4.50. The lowest BCUT2D eigenvalue weighted by Gasteiger charge is -2.41. The van der Waals surface area contributed by atoms with Gasteiger partial charge in [-0.3, -0.25) is 4.79 Å². The summed E-state index contributed by atoms with van der Waals surface area (Å²) in [5.74, 6) is 0.00521. The van der Waals surface area contributed by atoms with Gasteiger partial charge in [0, 0.05) is 19.6 Å². The lowest BCUT2D eigenvalue weighted by atomic mass is 9.75. The van der Waals surface area contributed by atoms with Gasteiger partial charge in [0.05, 0.1) is 10.3 Å². The summed E-state index contributed by atoms with van der Waals surface area (Å²) in [5, 5.41) is 11.2. The first-order valence-electron chi connectivity index (χ1n) is 8.04. The third kappa shape index (κ3) is 4.07. The summed E-state index contributed by atoms with van der Waals surface area (Å²) < 4.78 is 22.5. The lowest BCUT2D eigenvalue weighted by Crippen LogP contribution is -2.62. The minimum atomic E-state index is -3.70. The van der Waals surface area contributed by atoms with E-state index in [9.17, 15) is 13.2 Å². The second kappa shape index (κ2) is 6.95. The summed E-state index contributed by atoms with van der Waals surface area (Å²) in [6.45, 7) is 1.65. The van der Waals surface area contributed by atoms with Crippen molar-refractivity contribution in [2.45, 2.75) is 17.9 Å². The molecule has 1 saturated heterocycles. The zero-order valence-corrected chi connectivity index (χ0v) is 14.6. The van der Waals surface area contributed by atoms with E-state index in [1.807, 2.05) is 30.3 Å². The Hall–Kier alpha value is -2.22. The van der Waals surface area contributed by atoms with E-state index in [2.05, 4.69) is 10.6 Å². The van der Waals surface area contributed by atoms with Crippen LogP contribution in [0.1, 0.15) is 11.1 Å². The molecule has 6 nitrogen and oxygen atoms in total. The smallest absolute Gasteiger partial charge is 0.238 e. The number of benzene rings is 2. The van der Waals surface area contributed by atoms with Crippen LogP contribution >= 0.6 is 0 Å². The molecule has 132 valence electrons. The lowest BCUT2D eigenvalue weighted by molar-refractivity contribution is -0.134. The zero-order chi connectivity index (χ0) is 17.9. The van der Waals surface area contributed by atoms with Crippen LogP contribution in [0, 0.1) is 5.41 Å². The van der Waals surface area contributed by atoms with Crippen LogP contribution in [0.4, 0.5) is 0 Å². The number of rotatable bonds is 6. The Morgan fingerprint density at radius 1 is 1.04 bits per heavy atom. The molecular weight excluding hydrogens is 338 g/mol. The standard InChI is InChI=1S/C18H21N3O3S/c19-25(23,24)16-8-6-15(7-9-16)11-21-17(22)18(12-20-13-18)10-14-4-2-1-3-5-14/h1-9,20H,10-13H2,(H,21,22)(H2,19,23,24). The van der Waals surface area contributed by atoms with Crippen molar-refractivity contribution in [3.63, 3.8) is 0 Å². The Balaban J connectivity index is 1.63. The minimum absolute atomic E-state index is 0.00521. The maximum atomic E-state index is 12.7. The molecule has 2 aromatic carbocycles. The van der Waals surface area contributed by atoms with Gasteiger partial charge in [0.1, 0.15) is 0 Å². The maximum absolute atomic E-state index is 12.7. The van der Waals surface area contributed by atoms with Crippen LogP contribution in [0.15, 0.2) is 59.5 Å². The van der Waals surface area contributed by atoms with E-state index in [4.69, 9.17) is 5.14 Å². The second-order valence-corrected chi connectivity index (χ2v) is 7.98. The number of hydrogen-bond acceptors (Lipinski definition) is 4. The summed E-state index contributed by atoms with van der Waals surface area (Å²) in [6.07, 6.45) is 0.691. The molecular formula is C18H21N3O3S. The van der Waals surface area contributed by atoms with Crippen molar-refractivity contribution in [3.05, 3.63) is 65.7 Å². The molecule has 4 N–H and O–H groups in total. The largest absolute Gasteiger partial charge is 0.351 e. The molecule has 0 unspecified atom stereocenters. The summed E-state index contributed by atoms with van der Waals surface area (Å²) in [4.78, 5) is 12.7. The molecule has 1 amide bonds. The SMILES string of the molecule is NS(=O)(=O)c1ccc(CNC(=O)C2(Cc3ccccc3)CNC2)cc1. The normalized spacial score (nSPS) is 16.0. The molecule has 0 saturated carbocycles. The van der Waals surface area contributed by atoms with Crippen molar-refractivity contribution in [2.75, 3.05) is 13.1 Å². The molecule has 1 aliphatic rings. The Morgan fingerprint density at radius 3 is 2.20 bits per heavy atom. The number of nitrogens with one attached hydrogen (secondary N) is 2. The van der Waals surface area contributed by atoms with Gasteiger partial charge in [0.15, 0.2) is 0 Å². The van der Waals surface area contributed by atoms with E-state index in [0.717, 1.165) is 11.1 Å². The van der Waals surface area contributed by atoms with Gasteiger partial charge in [-0.15, -0.1) is 0 Å². The van der Waals surface area contributed by atoms with Crippen LogP contribution in [0.2, 0.25) is 0 Å². The highest BCUT2D eigenvalue weighted by Crippen LogP contribution is 2.28. The fourth-order valence-corrected chi connectivity index (χ4v) is 3.46. The Labute approximate surface area is 147 Å². The summed E-state index contributed by atoms with van der Waals surface area (Å²) in [5.41, 5.74) is 1.53. The van der Waals surface area contributed by atoms with Gasteiger partial charge in [0.25, 0.3) is 0 Å². The van der Waals surface area contributed by atoms with E-state index < -0.39 is 15.4 Å². The van der Waals surface area contributed by atoms with Crippen molar-refractivity contribution in [1.82, 2.24) is 10.6 Å². The molecule has 1 fully saturated rings. The average Bonchev–Trinajstić information content (AvgIpc) is 2.56. The van der Waals surface area contributed by atoms with Gasteiger partial charge in [-0.2, -0.15) is 0 Å². The predicted molar refractivity (Wildman–Crippen MR) is 95.1 cm³/mol. The van der Waals surface area contributed by atoms with Gasteiger partial charge in [-0.25, -0.2) is 13.6 Å². The Morgan fingerprint density at radius 2 is 1.68 bits per heavy atom. The number of carbonyl (C=O) groups excluding carboxylic acids is 1. The van der Waals surface area contributed by atoms with Crippen LogP contribution in [0.5, 0.6) is 0 Å². The minimum Gasteiger partial charge on any atom is -0.351 e. The zero-order valence-electron chi connectivity index (χ0n) is 13.7. The number of nitrogens with two attached hydrogens (primary N) is 1. The number of primary sulfonamides is 1. The topological polar surface area (TPSA) is 101 Å². The number of amides is 1. The first kappa shape index (κ1) is 17.6. The predicted octanol–water partition coefficient (Wildman–Crippen LogP) is 0.782. The molecule has 2 aromatic rings. The van der Waals surface area contributed by atoms with E-state index in [0.29, 0.717) is 26.1 Å². The molecule has 0 radical (unpaired) electrons. The summed E-state index contributed by atoms with van der Waals surface area (Å²) >= 11 is 0. The molecule has 25 heavy (non-hydrogen) atoms. The van der Waals surface area contributed by atoms with Crippen LogP contribution in [-0.2, 0) is 27.8 Å². The molecule has 7 heteroatoms. The van der Waals surface area contributed by atoms with Gasteiger partial charge in [-0.05, 0) is 29.7 Å². The quantitative estimate of drug-likeness (QED) is 0.709. The molecule has 0 bridgehead atoms. The Kier molecular flexibility index (Phi) is 4.89. The second-order valence-electron chi connectivity index (χ2n) is 6.42. The van der Waals surface area contributed by atoms with E-state index >= 15 is 0 Å². The van der Waals surface area contributed by atoms with E-state index in [1.165, 1.54) is 12.1 Å². The third-order valence-corrected chi connectivity index (χ3v) is 5.43. The fraction of sp³-hybridized carbons (Fsp3) is 0.278. The number of sulfonamides is 1. The molecule has 3 rings (SSSR count). The summed E-state index contributed by atoms with van der Waals surface area (Å²) in [6, 6.07) is 16.2. The summed E-state index contributed by atoms with van der Waals surface area (Å²) in [7, 11) is -3.70. The van der Waals surface area contributed by atoms with Gasteiger partial charge in [0.2, 0.25) is 15.9 Å². The molecule has 0 spiro atoms. The first-order chi connectivity index (χ1) is 11.9. The van der Waals surface area contributed by atoms with Crippen molar-refractivity contribution in [2.24, 2.45) is 10.6 Å². The van der Waals surface area contributed by atoms with Crippen molar-refractivity contribution in [3.8, 4) is 0 Å². The average molecular weight is 359 g/mol. The molecule has 1 aliphatic heterocycles. The monoisotopic (exact) mass is 359 g/mol. The van der Waals surface area contributed by atoms with E-state index in [1.54, 1.807) is 12.1 Å². The van der Waals surface area contributed by atoms with Gasteiger partial charge < -0.3 is 10.6 Å². The van der Waals surface area contributed by atoms with Crippen LogP contribution in [0.25, 0.3) is 0 Å². The highest BCUT2D eigenvalue weighted by Gasteiger charge is 2.43. The number of hydrogen-bond donors (Lipinski definition) is 3. The molecule has 1 heterocycles. The Bertz CT molecular complexity index is 845. The molecule has 0 atom stereocenters. The highest BCUT2D eigenvalue weighted by molar-refractivity contribution is 7.89. The fourth-order valence-electron chi connectivity index (χ4n) is 2.95. The van der Waals surface area contributed by atoms with Crippen molar-refractivity contribution in [1.29, 1.82) is 0 Å². The van der Waals surface area contributed by atoms with E-state index in [-0.39, 0.29) is 10.8 Å². The van der Waals surface area contributed by atoms with Gasteiger partial charge in [-0.1, -0.05) is 42.5 Å². The molecule has 0 aromatic heterocycles. The highest BCUT2D eigenvalue weighted by atomic mass is 32.2. The van der Waals surface area contributed by atoms with Crippen LogP contribution in [-0.4, -0.2) is 27.4 Å². The molecule has 0 aliphatic carbocycles. The maximum Gasteiger partial charge on any atom is 0.238 e. The van der Waals surface area contributed by atoms with Crippen molar-refractivity contribution >= 4 is 15.9 Å².